The molecule has 0 aliphatic carbocycles. The number of hydrogen-bond acceptors (Lipinski definition) is 3. The van der Waals surface area contributed by atoms with Crippen LogP contribution >= 0.6 is 0 Å². The van der Waals surface area contributed by atoms with Crippen LogP contribution in [0.25, 0.3) is 0 Å². The van der Waals surface area contributed by atoms with Gasteiger partial charge >= 0.3 is 0 Å². The summed E-state index contributed by atoms with van der Waals surface area (Å²) in [6, 6.07) is 11.0. The zero-order chi connectivity index (χ0) is 15.6. The number of nitrogens with one attached hydrogen (secondary N) is 2. The number of hydrogen-bond donors (Lipinski definition) is 2. The van der Waals surface area contributed by atoms with E-state index in [1.807, 2.05) is 44.3 Å². The van der Waals surface area contributed by atoms with Crippen molar-refractivity contribution in [3.63, 3.8) is 0 Å². The number of sulfonamides is 1. The van der Waals surface area contributed by atoms with Crippen LogP contribution in [0.3, 0.4) is 0 Å². The fourth-order valence-electron chi connectivity index (χ4n) is 2.43. The summed E-state index contributed by atoms with van der Waals surface area (Å²) >= 11 is 0. The van der Waals surface area contributed by atoms with E-state index in [9.17, 15) is 8.42 Å². The van der Waals surface area contributed by atoms with Crippen molar-refractivity contribution in [2.75, 3.05) is 17.1 Å². The highest BCUT2D eigenvalue weighted by atomic mass is 32.2. The van der Waals surface area contributed by atoms with Crippen LogP contribution in [0.1, 0.15) is 16.7 Å². The second-order valence-corrected chi connectivity index (χ2v) is 6.78. The Morgan fingerprint density at radius 1 is 0.905 bits per heavy atom. The van der Waals surface area contributed by atoms with E-state index in [0.29, 0.717) is 10.6 Å². The van der Waals surface area contributed by atoms with Gasteiger partial charge in [0.15, 0.2) is 0 Å². The standard InChI is InChI=1S/C16H20N2O2S/c1-11-6-5-7-14(8-11)18-21(19,20)16-12(2)9-15(17-4)10-13(16)3/h5-10,17-18H,1-4H3. The topological polar surface area (TPSA) is 58.2 Å². The maximum atomic E-state index is 12.6. The first-order valence-corrected chi connectivity index (χ1v) is 8.20. The Balaban J connectivity index is 2.45. The molecule has 2 N–H and O–H groups in total. The summed E-state index contributed by atoms with van der Waals surface area (Å²) in [5, 5.41) is 3.03. The maximum Gasteiger partial charge on any atom is 0.262 e. The Hall–Kier alpha value is -2.01. The molecule has 0 spiro atoms. The second-order valence-electron chi connectivity index (χ2n) is 5.16. The first-order valence-electron chi connectivity index (χ1n) is 6.72. The molecule has 0 saturated carbocycles. The molecule has 0 aromatic heterocycles. The molecule has 0 amide bonds. The molecule has 4 nitrogen and oxygen atoms in total. The van der Waals surface area contributed by atoms with Crippen molar-refractivity contribution >= 4 is 21.4 Å². The van der Waals surface area contributed by atoms with Gasteiger partial charge in [0.05, 0.1) is 4.90 Å². The molecule has 0 fully saturated rings. The summed E-state index contributed by atoms with van der Waals surface area (Å²) < 4.78 is 27.9. The average Bonchev–Trinajstić information content (AvgIpc) is 2.36. The van der Waals surface area contributed by atoms with Crippen molar-refractivity contribution in [2.45, 2.75) is 25.7 Å². The van der Waals surface area contributed by atoms with E-state index in [1.165, 1.54) is 0 Å². The van der Waals surface area contributed by atoms with Gasteiger partial charge in [-0.1, -0.05) is 12.1 Å². The van der Waals surface area contributed by atoms with Gasteiger partial charge in [0, 0.05) is 18.4 Å². The largest absolute Gasteiger partial charge is 0.388 e. The predicted octanol–water partition coefficient (Wildman–Crippen LogP) is 3.45. The van der Waals surface area contributed by atoms with Crippen molar-refractivity contribution in [2.24, 2.45) is 0 Å². The summed E-state index contributed by atoms with van der Waals surface area (Å²) in [7, 11) is -1.78. The molecule has 0 aliphatic rings. The lowest BCUT2D eigenvalue weighted by Gasteiger charge is -2.15. The summed E-state index contributed by atoms with van der Waals surface area (Å²) in [6.07, 6.45) is 0. The van der Waals surface area contributed by atoms with E-state index < -0.39 is 10.0 Å². The fraction of sp³-hybridized carbons (Fsp3) is 0.250. The van der Waals surface area contributed by atoms with Gasteiger partial charge in [0.1, 0.15) is 0 Å². The molecule has 21 heavy (non-hydrogen) atoms. The SMILES string of the molecule is CNc1cc(C)c(S(=O)(=O)Nc2cccc(C)c2)c(C)c1. The van der Waals surface area contributed by atoms with Gasteiger partial charge < -0.3 is 5.32 Å². The van der Waals surface area contributed by atoms with Crippen LogP contribution in [0.15, 0.2) is 41.3 Å². The van der Waals surface area contributed by atoms with Gasteiger partial charge in [-0.15, -0.1) is 0 Å². The van der Waals surface area contributed by atoms with E-state index in [0.717, 1.165) is 22.4 Å². The quantitative estimate of drug-likeness (QED) is 0.909. The summed E-state index contributed by atoms with van der Waals surface area (Å²) in [4.78, 5) is 0.336. The number of anilines is 2. The third-order valence-corrected chi connectivity index (χ3v) is 4.97. The molecule has 0 atom stereocenters. The van der Waals surface area contributed by atoms with Crippen LogP contribution < -0.4 is 10.0 Å². The molecule has 0 saturated heterocycles. The number of aryl methyl sites for hydroxylation is 3. The molecule has 0 heterocycles. The summed E-state index contributed by atoms with van der Waals surface area (Å²) in [5.74, 6) is 0. The highest BCUT2D eigenvalue weighted by molar-refractivity contribution is 7.92. The van der Waals surface area contributed by atoms with Crippen molar-refractivity contribution in [1.82, 2.24) is 0 Å². The van der Waals surface area contributed by atoms with Gasteiger partial charge in [0.25, 0.3) is 10.0 Å². The first kappa shape index (κ1) is 15.4. The van der Waals surface area contributed by atoms with Crippen LogP contribution in [-0.2, 0) is 10.0 Å². The normalized spacial score (nSPS) is 11.2. The van der Waals surface area contributed by atoms with Crippen molar-refractivity contribution in [1.29, 1.82) is 0 Å². The first-order chi connectivity index (χ1) is 9.83. The molecule has 0 unspecified atom stereocenters. The fourth-order valence-corrected chi connectivity index (χ4v) is 3.94. The number of rotatable bonds is 4. The van der Waals surface area contributed by atoms with E-state index in [1.54, 1.807) is 19.9 Å². The molecule has 0 radical (unpaired) electrons. The zero-order valence-corrected chi connectivity index (χ0v) is 13.5. The van der Waals surface area contributed by atoms with Crippen LogP contribution in [0, 0.1) is 20.8 Å². The third-order valence-electron chi connectivity index (χ3n) is 3.29. The second kappa shape index (κ2) is 5.77. The lowest BCUT2D eigenvalue weighted by Crippen LogP contribution is -2.16. The minimum atomic E-state index is -3.59. The van der Waals surface area contributed by atoms with Crippen LogP contribution in [0.4, 0.5) is 11.4 Å². The van der Waals surface area contributed by atoms with E-state index in [4.69, 9.17) is 0 Å². The Kier molecular flexibility index (Phi) is 4.23. The van der Waals surface area contributed by atoms with Gasteiger partial charge in [-0.05, 0) is 61.7 Å². The molecule has 2 aromatic rings. The minimum Gasteiger partial charge on any atom is -0.388 e. The van der Waals surface area contributed by atoms with Crippen molar-refractivity contribution in [3.8, 4) is 0 Å². The Labute approximate surface area is 126 Å². The maximum absolute atomic E-state index is 12.6. The number of benzene rings is 2. The molecule has 5 heteroatoms. The Morgan fingerprint density at radius 3 is 2.05 bits per heavy atom. The highest BCUT2D eigenvalue weighted by Gasteiger charge is 2.20. The minimum absolute atomic E-state index is 0.336. The molecule has 0 aliphatic heterocycles. The smallest absolute Gasteiger partial charge is 0.262 e. The van der Waals surface area contributed by atoms with E-state index in [2.05, 4.69) is 10.0 Å². The predicted molar refractivity (Wildman–Crippen MR) is 87.5 cm³/mol. The molecular weight excluding hydrogens is 284 g/mol. The molecular formula is C16H20N2O2S. The molecule has 112 valence electrons. The molecule has 2 aromatic carbocycles. The van der Waals surface area contributed by atoms with Crippen LogP contribution in [0.5, 0.6) is 0 Å². The highest BCUT2D eigenvalue weighted by Crippen LogP contribution is 2.26. The van der Waals surface area contributed by atoms with E-state index >= 15 is 0 Å². The lowest BCUT2D eigenvalue weighted by molar-refractivity contribution is 0.600. The van der Waals surface area contributed by atoms with Crippen molar-refractivity contribution < 1.29 is 8.42 Å². The van der Waals surface area contributed by atoms with Crippen LogP contribution in [-0.4, -0.2) is 15.5 Å². The Morgan fingerprint density at radius 2 is 1.52 bits per heavy atom. The van der Waals surface area contributed by atoms with Gasteiger partial charge in [0.2, 0.25) is 0 Å². The zero-order valence-electron chi connectivity index (χ0n) is 12.7. The summed E-state index contributed by atoms with van der Waals surface area (Å²) in [6.45, 7) is 5.54. The van der Waals surface area contributed by atoms with Gasteiger partial charge in [-0.2, -0.15) is 0 Å². The lowest BCUT2D eigenvalue weighted by atomic mass is 10.1. The van der Waals surface area contributed by atoms with Crippen LogP contribution in [0.2, 0.25) is 0 Å². The van der Waals surface area contributed by atoms with E-state index in [-0.39, 0.29) is 0 Å². The van der Waals surface area contributed by atoms with Gasteiger partial charge in [-0.25, -0.2) is 8.42 Å². The Bertz CT molecular complexity index is 745. The average molecular weight is 304 g/mol. The van der Waals surface area contributed by atoms with Crippen molar-refractivity contribution in [3.05, 3.63) is 53.1 Å². The van der Waals surface area contributed by atoms with Gasteiger partial charge in [-0.3, -0.25) is 4.72 Å². The molecule has 2 rings (SSSR count). The summed E-state index contributed by atoms with van der Waals surface area (Å²) in [5.41, 5.74) is 3.93. The molecule has 0 bridgehead atoms. The monoisotopic (exact) mass is 304 g/mol. The third kappa shape index (κ3) is 3.36.